The van der Waals surface area contributed by atoms with Crippen LogP contribution in [-0.4, -0.2) is 29.5 Å². The van der Waals surface area contributed by atoms with Crippen molar-refractivity contribution in [1.82, 2.24) is 0 Å². The van der Waals surface area contributed by atoms with Gasteiger partial charge < -0.3 is 14.2 Å². The molecule has 0 amide bonds. The van der Waals surface area contributed by atoms with Crippen LogP contribution in [0.4, 0.5) is 13.2 Å². The van der Waals surface area contributed by atoms with Crippen LogP contribution < -0.4 is 0 Å². The maximum atomic E-state index is 13.4. The molecule has 0 aromatic heterocycles. The number of hydrogen-bond donors (Lipinski definition) is 0. The summed E-state index contributed by atoms with van der Waals surface area (Å²) in [4.78, 5) is 0. The van der Waals surface area contributed by atoms with E-state index in [4.69, 9.17) is 14.2 Å². The standard InChI is InChI=1S/C13H19F3O3/c1-5-7-8-9(13(14,15)16)10(2)6-11(3,17-8)19-12(7,4)18-10/h7-9H,5-6H2,1-4H3. The largest absolute Gasteiger partial charge is 0.397 e. The van der Waals surface area contributed by atoms with Crippen LogP contribution in [0.1, 0.15) is 40.5 Å². The molecule has 4 fully saturated rings. The van der Waals surface area contributed by atoms with Gasteiger partial charge in [-0.3, -0.25) is 0 Å². The Morgan fingerprint density at radius 1 is 1.16 bits per heavy atom. The number of alkyl halides is 3. The molecule has 0 aromatic carbocycles. The minimum absolute atomic E-state index is 0.104. The number of ether oxygens (including phenoxy) is 3. The summed E-state index contributed by atoms with van der Waals surface area (Å²) in [5.41, 5.74) is -1.27. The highest BCUT2D eigenvalue weighted by molar-refractivity contribution is 5.12. The number of rotatable bonds is 1. The Bertz CT molecular complexity index is 412. The molecule has 0 spiro atoms. The van der Waals surface area contributed by atoms with Gasteiger partial charge in [0.15, 0.2) is 11.6 Å². The van der Waals surface area contributed by atoms with Crippen molar-refractivity contribution in [3.8, 4) is 0 Å². The normalized spacial score (nSPS) is 56.7. The van der Waals surface area contributed by atoms with Gasteiger partial charge in [-0.2, -0.15) is 13.2 Å². The molecule has 110 valence electrons. The molecule has 3 nitrogen and oxygen atoms in total. The SMILES string of the molecule is CCC1C2OC3(C)CC(C)(OC1(C)O3)C2C(F)(F)F. The second-order valence-corrected chi connectivity index (χ2v) is 6.46. The highest BCUT2D eigenvalue weighted by Crippen LogP contribution is 2.63. The van der Waals surface area contributed by atoms with E-state index in [1.54, 1.807) is 13.8 Å². The van der Waals surface area contributed by atoms with Gasteiger partial charge in [-0.1, -0.05) is 6.92 Å². The van der Waals surface area contributed by atoms with E-state index in [0.29, 0.717) is 6.42 Å². The smallest absolute Gasteiger partial charge is 0.345 e. The van der Waals surface area contributed by atoms with Gasteiger partial charge in [0.1, 0.15) is 5.92 Å². The van der Waals surface area contributed by atoms with E-state index < -0.39 is 41.3 Å². The highest BCUT2D eigenvalue weighted by atomic mass is 19.4. The van der Waals surface area contributed by atoms with Gasteiger partial charge in [0.25, 0.3) is 0 Å². The molecule has 0 aromatic rings. The lowest BCUT2D eigenvalue weighted by Gasteiger charge is -2.68. The van der Waals surface area contributed by atoms with Crippen LogP contribution in [0.25, 0.3) is 0 Å². The van der Waals surface area contributed by atoms with Gasteiger partial charge in [-0.25, -0.2) is 0 Å². The second-order valence-electron chi connectivity index (χ2n) is 6.46. The first-order valence-electron chi connectivity index (χ1n) is 6.68. The Kier molecular flexibility index (Phi) is 2.48. The molecule has 0 aliphatic carbocycles. The van der Waals surface area contributed by atoms with E-state index in [1.165, 1.54) is 6.92 Å². The zero-order valence-electron chi connectivity index (χ0n) is 11.5. The molecule has 0 radical (unpaired) electrons. The van der Waals surface area contributed by atoms with E-state index >= 15 is 0 Å². The fourth-order valence-electron chi connectivity index (χ4n) is 4.46. The molecule has 4 bridgehead atoms. The van der Waals surface area contributed by atoms with E-state index in [2.05, 4.69) is 0 Å². The predicted molar refractivity (Wildman–Crippen MR) is 60.2 cm³/mol. The lowest BCUT2D eigenvalue weighted by atomic mass is 9.65. The van der Waals surface area contributed by atoms with Crippen molar-refractivity contribution in [2.75, 3.05) is 0 Å². The van der Waals surface area contributed by atoms with Crippen LogP contribution in [0, 0.1) is 11.8 Å². The van der Waals surface area contributed by atoms with Crippen molar-refractivity contribution in [3.63, 3.8) is 0 Å². The Labute approximate surface area is 110 Å². The Morgan fingerprint density at radius 2 is 1.79 bits per heavy atom. The first-order chi connectivity index (χ1) is 8.53. The third-order valence-corrected chi connectivity index (χ3v) is 4.76. The molecule has 4 aliphatic rings. The van der Waals surface area contributed by atoms with Crippen molar-refractivity contribution in [3.05, 3.63) is 0 Å². The van der Waals surface area contributed by atoms with Crippen molar-refractivity contribution < 1.29 is 27.4 Å². The average molecular weight is 280 g/mol. The summed E-state index contributed by atoms with van der Waals surface area (Å²) in [6.07, 6.45) is -4.58. The zero-order valence-corrected chi connectivity index (χ0v) is 11.5. The summed E-state index contributed by atoms with van der Waals surface area (Å²) in [6.45, 7) is 6.81. The van der Waals surface area contributed by atoms with Gasteiger partial charge >= 0.3 is 6.18 Å². The van der Waals surface area contributed by atoms with Crippen LogP contribution in [0.15, 0.2) is 0 Å². The summed E-state index contributed by atoms with van der Waals surface area (Å²) < 4.78 is 57.5. The predicted octanol–water partition coefficient (Wildman–Crippen LogP) is 3.23. The maximum Gasteiger partial charge on any atom is 0.397 e. The van der Waals surface area contributed by atoms with Crippen LogP contribution in [0.5, 0.6) is 0 Å². The Hall–Kier alpha value is -0.330. The minimum atomic E-state index is -4.33. The summed E-state index contributed by atoms with van der Waals surface area (Å²) in [5, 5.41) is 0. The molecule has 6 unspecified atom stereocenters. The number of hydrogen-bond acceptors (Lipinski definition) is 3. The molecule has 4 aliphatic heterocycles. The fraction of sp³-hybridized carbons (Fsp3) is 1.00. The lowest BCUT2D eigenvalue weighted by Crippen LogP contribution is -2.78. The molecule has 19 heavy (non-hydrogen) atoms. The number of halogens is 3. The molecule has 0 saturated carbocycles. The molecular formula is C13H19F3O3. The summed E-state index contributed by atoms with van der Waals surface area (Å²) in [7, 11) is 0. The van der Waals surface area contributed by atoms with Crippen LogP contribution in [0.3, 0.4) is 0 Å². The van der Waals surface area contributed by atoms with Gasteiger partial charge in [-0.15, -0.1) is 0 Å². The zero-order chi connectivity index (χ0) is 14.3. The second kappa shape index (κ2) is 3.46. The van der Waals surface area contributed by atoms with Crippen molar-refractivity contribution in [2.24, 2.45) is 11.8 Å². The van der Waals surface area contributed by atoms with Crippen LogP contribution in [-0.2, 0) is 14.2 Å². The molecule has 4 rings (SSSR count). The van der Waals surface area contributed by atoms with E-state index in [9.17, 15) is 13.2 Å². The van der Waals surface area contributed by atoms with Crippen LogP contribution >= 0.6 is 0 Å². The van der Waals surface area contributed by atoms with Gasteiger partial charge in [-0.05, 0) is 27.2 Å². The van der Waals surface area contributed by atoms with Gasteiger partial charge in [0.05, 0.1) is 11.7 Å². The molecular weight excluding hydrogens is 261 g/mol. The quantitative estimate of drug-likeness (QED) is 0.738. The minimum Gasteiger partial charge on any atom is -0.345 e. The van der Waals surface area contributed by atoms with Crippen molar-refractivity contribution in [2.45, 2.75) is 70.0 Å². The Balaban J connectivity index is 2.09. The summed E-state index contributed by atoms with van der Waals surface area (Å²) in [6, 6.07) is 0. The topological polar surface area (TPSA) is 27.7 Å². The molecule has 4 saturated heterocycles. The third kappa shape index (κ3) is 1.69. The van der Waals surface area contributed by atoms with E-state index in [0.717, 1.165) is 0 Å². The summed E-state index contributed by atoms with van der Waals surface area (Å²) in [5.74, 6) is -3.95. The highest BCUT2D eigenvalue weighted by Gasteiger charge is 2.75. The van der Waals surface area contributed by atoms with Gasteiger partial charge in [0.2, 0.25) is 0 Å². The van der Waals surface area contributed by atoms with Gasteiger partial charge in [0, 0.05) is 12.3 Å². The fourth-order valence-corrected chi connectivity index (χ4v) is 4.46. The van der Waals surface area contributed by atoms with E-state index in [-0.39, 0.29) is 6.42 Å². The first-order valence-corrected chi connectivity index (χ1v) is 6.68. The van der Waals surface area contributed by atoms with Crippen molar-refractivity contribution >= 4 is 0 Å². The first kappa shape index (κ1) is 13.6. The molecule has 6 heteroatoms. The molecule has 6 atom stereocenters. The third-order valence-electron chi connectivity index (χ3n) is 4.76. The summed E-state index contributed by atoms with van der Waals surface area (Å²) >= 11 is 0. The molecule has 4 heterocycles. The lowest BCUT2D eigenvalue weighted by molar-refractivity contribution is -0.541. The average Bonchev–Trinajstić information content (AvgIpc) is 2.08. The van der Waals surface area contributed by atoms with E-state index in [1.807, 2.05) is 6.92 Å². The maximum absolute atomic E-state index is 13.4. The van der Waals surface area contributed by atoms with Crippen LogP contribution in [0.2, 0.25) is 0 Å². The monoisotopic (exact) mass is 280 g/mol. The Morgan fingerprint density at radius 3 is 2.32 bits per heavy atom. The molecule has 0 N–H and O–H groups in total. The van der Waals surface area contributed by atoms with Crippen molar-refractivity contribution in [1.29, 1.82) is 0 Å².